The molecular weight excluding hydrogens is 351 g/mol. The number of halogens is 1. The summed E-state index contributed by atoms with van der Waals surface area (Å²) in [6.07, 6.45) is -0.757. The number of hydrogen-bond donors (Lipinski definition) is 3. The molecule has 0 radical (unpaired) electrons. The third-order valence-electron chi connectivity index (χ3n) is 4.29. The van der Waals surface area contributed by atoms with E-state index in [-0.39, 0.29) is 17.2 Å². The number of rotatable bonds is 7. The molecule has 2 atom stereocenters. The van der Waals surface area contributed by atoms with Gasteiger partial charge in [0.05, 0.1) is 5.69 Å². The number of carbonyl (C=O) groups is 3. The summed E-state index contributed by atoms with van der Waals surface area (Å²) in [5, 5.41) is 13.7. The SMILES string of the molecule is CC[C@H](C)[C@H](NC(=O)O)C(=O)Nc1ccc(F)cc1C(=O)c1ccccc1. The number of nitrogens with one attached hydrogen (secondary N) is 2. The van der Waals surface area contributed by atoms with Crippen LogP contribution < -0.4 is 10.6 Å². The van der Waals surface area contributed by atoms with E-state index in [0.717, 1.165) is 12.1 Å². The molecule has 142 valence electrons. The lowest BCUT2D eigenvalue weighted by Crippen LogP contribution is -2.47. The van der Waals surface area contributed by atoms with Crippen molar-refractivity contribution in [3.05, 3.63) is 65.5 Å². The zero-order valence-electron chi connectivity index (χ0n) is 15.0. The Bertz CT molecular complexity index is 839. The van der Waals surface area contributed by atoms with Crippen LogP contribution in [0.25, 0.3) is 0 Å². The molecule has 3 N–H and O–H groups in total. The van der Waals surface area contributed by atoms with Crippen LogP contribution in [0.1, 0.15) is 36.2 Å². The number of carboxylic acid groups (broad SMARTS) is 1. The summed E-state index contributed by atoms with van der Waals surface area (Å²) < 4.78 is 13.7. The molecular formula is C20H21FN2O4. The number of hydrogen-bond acceptors (Lipinski definition) is 3. The van der Waals surface area contributed by atoms with Gasteiger partial charge in [0.2, 0.25) is 5.91 Å². The Hall–Kier alpha value is -3.22. The molecule has 2 amide bonds. The second-order valence-electron chi connectivity index (χ2n) is 6.19. The van der Waals surface area contributed by atoms with Crippen molar-refractivity contribution in [2.75, 3.05) is 5.32 Å². The van der Waals surface area contributed by atoms with Crippen LogP contribution >= 0.6 is 0 Å². The molecule has 0 aromatic heterocycles. The van der Waals surface area contributed by atoms with E-state index in [1.807, 2.05) is 6.92 Å². The quantitative estimate of drug-likeness (QED) is 0.646. The Morgan fingerprint density at radius 2 is 1.78 bits per heavy atom. The van der Waals surface area contributed by atoms with Gasteiger partial charge in [0.1, 0.15) is 11.9 Å². The van der Waals surface area contributed by atoms with E-state index in [4.69, 9.17) is 5.11 Å². The molecule has 0 heterocycles. The van der Waals surface area contributed by atoms with Gasteiger partial charge < -0.3 is 15.7 Å². The highest BCUT2D eigenvalue weighted by Crippen LogP contribution is 2.22. The summed E-state index contributed by atoms with van der Waals surface area (Å²) in [5.74, 6) is -1.94. The van der Waals surface area contributed by atoms with Crippen molar-refractivity contribution in [3.63, 3.8) is 0 Å². The molecule has 0 fully saturated rings. The van der Waals surface area contributed by atoms with E-state index >= 15 is 0 Å². The summed E-state index contributed by atoms with van der Waals surface area (Å²) in [5.41, 5.74) is 0.462. The minimum absolute atomic E-state index is 0.00669. The van der Waals surface area contributed by atoms with Crippen molar-refractivity contribution in [2.24, 2.45) is 5.92 Å². The number of ketones is 1. The van der Waals surface area contributed by atoms with Gasteiger partial charge >= 0.3 is 6.09 Å². The van der Waals surface area contributed by atoms with Crippen molar-refractivity contribution in [2.45, 2.75) is 26.3 Å². The summed E-state index contributed by atoms with van der Waals surface area (Å²) in [4.78, 5) is 36.3. The summed E-state index contributed by atoms with van der Waals surface area (Å²) in [6.45, 7) is 3.57. The predicted molar refractivity (Wildman–Crippen MR) is 99.3 cm³/mol. The maximum absolute atomic E-state index is 13.7. The Kier molecular flexibility index (Phi) is 6.65. The number of amides is 2. The molecule has 0 aliphatic carbocycles. The van der Waals surface area contributed by atoms with E-state index in [9.17, 15) is 18.8 Å². The topological polar surface area (TPSA) is 95.5 Å². The van der Waals surface area contributed by atoms with Crippen LogP contribution in [0.15, 0.2) is 48.5 Å². The molecule has 0 spiro atoms. The van der Waals surface area contributed by atoms with Gasteiger partial charge in [0.15, 0.2) is 5.78 Å². The first kappa shape index (κ1) is 20.1. The fraction of sp³-hybridized carbons (Fsp3) is 0.250. The fourth-order valence-electron chi connectivity index (χ4n) is 2.60. The summed E-state index contributed by atoms with van der Waals surface area (Å²) in [7, 11) is 0. The normalized spacial score (nSPS) is 12.7. The first-order valence-corrected chi connectivity index (χ1v) is 8.53. The van der Waals surface area contributed by atoms with E-state index in [0.29, 0.717) is 12.0 Å². The van der Waals surface area contributed by atoms with Gasteiger partial charge in [-0.1, -0.05) is 50.6 Å². The zero-order valence-corrected chi connectivity index (χ0v) is 15.0. The number of anilines is 1. The molecule has 0 saturated carbocycles. The van der Waals surface area contributed by atoms with Crippen LogP contribution in [-0.2, 0) is 4.79 Å². The molecule has 7 heteroatoms. The fourth-order valence-corrected chi connectivity index (χ4v) is 2.60. The highest BCUT2D eigenvalue weighted by atomic mass is 19.1. The molecule has 6 nitrogen and oxygen atoms in total. The third kappa shape index (κ3) is 5.13. The molecule has 2 aromatic rings. The Morgan fingerprint density at radius 3 is 2.37 bits per heavy atom. The second kappa shape index (κ2) is 8.93. The van der Waals surface area contributed by atoms with Gasteiger partial charge in [-0.15, -0.1) is 0 Å². The van der Waals surface area contributed by atoms with E-state index in [1.54, 1.807) is 37.3 Å². The maximum Gasteiger partial charge on any atom is 0.405 e. The Morgan fingerprint density at radius 1 is 1.11 bits per heavy atom. The lowest BCUT2D eigenvalue weighted by Gasteiger charge is -2.22. The standard InChI is InChI=1S/C20H21FN2O4/c1-3-12(2)17(23-20(26)27)19(25)22-16-10-9-14(21)11-15(16)18(24)13-7-5-4-6-8-13/h4-12,17,23H,3H2,1-2H3,(H,22,25)(H,26,27)/t12-,17-/m0/s1. The van der Waals surface area contributed by atoms with E-state index in [2.05, 4.69) is 10.6 Å². The molecule has 0 saturated heterocycles. The second-order valence-corrected chi connectivity index (χ2v) is 6.19. The minimum atomic E-state index is -1.32. The van der Waals surface area contributed by atoms with Gasteiger partial charge in [0, 0.05) is 11.1 Å². The number of carbonyl (C=O) groups excluding carboxylic acids is 2. The molecule has 0 unspecified atom stereocenters. The van der Waals surface area contributed by atoms with Crippen LogP contribution in [0.4, 0.5) is 14.9 Å². The van der Waals surface area contributed by atoms with Crippen LogP contribution in [-0.4, -0.2) is 28.9 Å². The Labute approximate surface area is 156 Å². The smallest absolute Gasteiger partial charge is 0.405 e. The van der Waals surface area contributed by atoms with Crippen molar-refractivity contribution in [1.29, 1.82) is 0 Å². The van der Waals surface area contributed by atoms with Crippen molar-refractivity contribution >= 4 is 23.5 Å². The largest absolute Gasteiger partial charge is 0.465 e. The minimum Gasteiger partial charge on any atom is -0.465 e. The molecule has 27 heavy (non-hydrogen) atoms. The highest BCUT2D eigenvalue weighted by Gasteiger charge is 2.27. The van der Waals surface area contributed by atoms with Crippen LogP contribution in [0.3, 0.4) is 0 Å². The third-order valence-corrected chi connectivity index (χ3v) is 4.29. The van der Waals surface area contributed by atoms with E-state index < -0.39 is 29.6 Å². The zero-order chi connectivity index (χ0) is 20.0. The van der Waals surface area contributed by atoms with Crippen LogP contribution in [0.5, 0.6) is 0 Å². The molecule has 2 rings (SSSR count). The van der Waals surface area contributed by atoms with E-state index in [1.165, 1.54) is 6.07 Å². The monoisotopic (exact) mass is 372 g/mol. The van der Waals surface area contributed by atoms with Gasteiger partial charge in [-0.25, -0.2) is 9.18 Å². The van der Waals surface area contributed by atoms with Crippen molar-refractivity contribution < 1.29 is 23.9 Å². The van der Waals surface area contributed by atoms with Crippen LogP contribution in [0.2, 0.25) is 0 Å². The lowest BCUT2D eigenvalue weighted by molar-refractivity contribution is -0.119. The maximum atomic E-state index is 13.7. The molecule has 2 aromatic carbocycles. The molecule has 0 aliphatic heterocycles. The van der Waals surface area contributed by atoms with Gasteiger partial charge in [-0.3, -0.25) is 9.59 Å². The van der Waals surface area contributed by atoms with Crippen LogP contribution in [0, 0.1) is 11.7 Å². The lowest BCUT2D eigenvalue weighted by atomic mass is 9.97. The van der Waals surface area contributed by atoms with Crippen molar-refractivity contribution in [1.82, 2.24) is 5.32 Å². The van der Waals surface area contributed by atoms with Crippen molar-refractivity contribution in [3.8, 4) is 0 Å². The molecule has 0 bridgehead atoms. The van der Waals surface area contributed by atoms with Gasteiger partial charge in [0.25, 0.3) is 0 Å². The average molecular weight is 372 g/mol. The van der Waals surface area contributed by atoms with Gasteiger partial charge in [-0.05, 0) is 24.1 Å². The molecule has 0 aliphatic rings. The first-order chi connectivity index (χ1) is 12.8. The predicted octanol–water partition coefficient (Wildman–Crippen LogP) is 3.68. The number of benzene rings is 2. The Balaban J connectivity index is 2.34. The highest BCUT2D eigenvalue weighted by molar-refractivity contribution is 6.14. The summed E-state index contributed by atoms with van der Waals surface area (Å²) >= 11 is 0. The average Bonchev–Trinajstić information content (AvgIpc) is 2.66. The van der Waals surface area contributed by atoms with Gasteiger partial charge in [-0.2, -0.15) is 0 Å². The first-order valence-electron chi connectivity index (χ1n) is 8.53. The summed E-state index contributed by atoms with van der Waals surface area (Å²) in [6, 6.07) is 10.8.